The third kappa shape index (κ3) is 3.63. The standard InChI is InChI=1S/C22H23N5O2S/c1-14-7-10-16(29-14)12-26(2)20(28)13-30-22-25-24-21(27(22)15-8-9-15)18-11-23-19-6-4-3-5-17(18)19/h3-7,10-11,15,23H,8-9,12-13H2,1-2H3. The molecule has 0 saturated heterocycles. The number of furan rings is 1. The highest BCUT2D eigenvalue weighted by Gasteiger charge is 2.31. The SMILES string of the molecule is Cc1ccc(CN(C)C(=O)CSc2nnc(-c3c[nH]c4ccccc34)n2C2CC2)o1. The fourth-order valence-electron chi connectivity index (χ4n) is 3.61. The first-order chi connectivity index (χ1) is 14.6. The Kier molecular flexibility index (Phi) is 4.86. The van der Waals surface area contributed by atoms with Crippen LogP contribution in [0.25, 0.3) is 22.3 Å². The lowest BCUT2D eigenvalue weighted by Gasteiger charge is -2.15. The van der Waals surface area contributed by atoms with Gasteiger partial charge in [0.1, 0.15) is 11.5 Å². The molecule has 30 heavy (non-hydrogen) atoms. The Morgan fingerprint density at radius 1 is 1.27 bits per heavy atom. The van der Waals surface area contributed by atoms with Crippen molar-refractivity contribution in [1.29, 1.82) is 0 Å². The van der Waals surface area contributed by atoms with Crippen molar-refractivity contribution in [2.75, 3.05) is 12.8 Å². The number of nitrogens with zero attached hydrogens (tertiary/aromatic N) is 4. The minimum absolute atomic E-state index is 0.0352. The minimum Gasteiger partial charge on any atom is -0.464 e. The molecule has 1 aliphatic carbocycles. The van der Waals surface area contributed by atoms with Crippen molar-refractivity contribution >= 4 is 28.6 Å². The van der Waals surface area contributed by atoms with Gasteiger partial charge in [0.2, 0.25) is 5.91 Å². The van der Waals surface area contributed by atoms with Crippen LogP contribution in [0.15, 0.2) is 52.2 Å². The van der Waals surface area contributed by atoms with Crippen molar-refractivity contribution in [3.63, 3.8) is 0 Å². The van der Waals surface area contributed by atoms with Crippen LogP contribution in [0.5, 0.6) is 0 Å². The molecule has 0 bridgehead atoms. The summed E-state index contributed by atoms with van der Waals surface area (Å²) in [5.74, 6) is 2.85. The Hall–Kier alpha value is -3.00. The number of carbonyl (C=O) groups excluding carboxylic acids is 1. The summed E-state index contributed by atoms with van der Waals surface area (Å²) in [4.78, 5) is 17.6. The lowest BCUT2D eigenvalue weighted by molar-refractivity contribution is -0.127. The summed E-state index contributed by atoms with van der Waals surface area (Å²) in [5, 5.41) is 10.9. The summed E-state index contributed by atoms with van der Waals surface area (Å²) in [5.41, 5.74) is 2.13. The molecule has 1 aliphatic rings. The van der Waals surface area contributed by atoms with Crippen LogP contribution in [0.4, 0.5) is 0 Å². The number of hydrogen-bond acceptors (Lipinski definition) is 5. The second kappa shape index (κ2) is 7.68. The largest absolute Gasteiger partial charge is 0.464 e. The average molecular weight is 422 g/mol. The Balaban J connectivity index is 1.34. The van der Waals surface area contributed by atoms with Crippen LogP contribution < -0.4 is 0 Å². The van der Waals surface area contributed by atoms with E-state index in [1.54, 1.807) is 11.9 Å². The minimum atomic E-state index is 0.0352. The van der Waals surface area contributed by atoms with E-state index >= 15 is 0 Å². The molecular weight excluding hydrogens is 398 g/mol. The van der Waals surface area contributed by atoms with Gasteiger partial charge in [0.25, 0.3) is 0 Å². The second-order valence-corrected chi connectivity index (χ2v) is 8.65. The molecule has 0 unspecified atom stereocenters. The predicted octanol–water partition coefficient (Wildman–Crippen LogP) is 4.41. The molecule has 5 rings (SSSR count). The summed E-state index contributed by atoms with van der Waals surface area (Å²) in [6, 6.07) is 12.4. The first-order valence-electron chi connectivity index (χ1n) is 10.0. The molecule has 0 radical (unpaired) electrons. The molecule has 0 aliphatic heterocycles. The van der Waals surface area contributed by atoms with Crippen molar-refractivity contribution in [3.8, 4) is 11.4 Å². The van der Waals surface area contributed by atoms with Gasteiger partial charge in [0.15, 0.2) is 11.0 Å². The number of hydrogen-bond donors (Lipinski definition) is 1. The van der Waals surface area contributed by atoms with Gasteiger partial charge in [0.05, 0.1) is 12.3 Å². The molecule has 1 saturated carbocycles. The van der Waals surface area contributed by atoms with Crippen LogP contribution in [-0.4, -0.2) is 43.4 Å². The number of aryl methyl sites for hydroxylation is 1. The van der Waals surface area contributed by atoms with Crippen LogP contribution in [0.2, 0.25) is 0 Å². The van der Waals surface area contributed by atoms with Crippen LogP contribution >= 0.6 is 11.8 Å². The Morgan fingerprint density at radius 2 is 2.10 bits per heavy atom. The highest BCUT2D eigenvalue weighted by atomic mass is 32.2. The number of H-pyrrole nitrogens is 1. The number of nitrogens with one attached hydrogen (secondary N) is 1. The van der Waals surface area contributed by atoms with E-state index in [4.69, 9.17) is 4.42 Å². The molecule has 4 aromatic rings. The highest BCUT2D eigenvalue weighted by molar-refractivity contribution is 7.99. The van der Waals surface area contributed by atoms with Gasteiger partial charge in [-0.15, -0.1) is 10.2 Å². The molecule has 1 aromatic carbocycles. The van der Waals surface area contributed by atoms with Crippen molar-refractivity contribution in [3.05, 3.63) is 54.1 Å². The Morgan fingerprint density at radius 3 is 2.87 bits per heavy atom. The monoisotopic (exact) mass is 421 g/mol. The number of aromatic amines is 1. The van der Waals surface area contributed by atoms with Crippen molar-refractivity contribution in [1.82, 2.24) is 24.6 Å². The number of benzene rings is 1. The van der Waals surface area contributed by atoms with Crippen LogP contribution in [0.1, 0.15) is 30.4 Å². The molecule has 7 nitrogen and oxygen atoms in total. The van der Waals surface area contributed by atoms with Gasteiger partial charge >= 0.3 is 0 Å². The van der Waals surface area contributed by atoms with E-state index in [1.165, 1.54) is 11.8 Å². The maximum absolute atomic E-state index is 12.6. The molecule has 3 heterocycles. The zero-order chi connectivity index (χ0) is 20.7. The number of amides is 1. The Bertz CT molecular complexity index is 1200. The van der Waals surface area contributed by atoms with Crippen LogP contribution in [-0.2, 0) is 11.3 Å². The molecular formula is C22H23N5O2S. The van der Waals surface area contributed by atoms with Crippen LogP contribution in [0, 0.1) is 6.92 Å². The smallest absolute Gasteiger partial charge is 0.233 e. The van der Waals surface area contributed by atoms with Gasteiger partial charge in [-0.2, -0.15) is 0 Å². The van der Waals surface area contributed by atoms with E-state index in [2.05, 4.69) is 31.9 Å². The maximum atomic E-state index is 12.6. The Labute approximate surface area is 178 Å². The fourth-order valence-corrected chi connectivity index (χ4v) is 4.55. The number of thioether (sulfide) groups is 1. The average Bonchev–Trinajstić information content (AvgIpc) is 3.16. The number of rotatable bonds is 7. The topological polar surface area (TPSA) is 80.0 Å². The second-order valence-electron chi connectivity index (χ2n) is 7.71. The molecule has 0 atom stereocenters. The highest BCUT2D eigenvalue weighted by Crippen LogP contribution is 2.42. The van der Waals surface area contributed by atoms with Gasteiger partial charge in [-0.05, 0) is 38.0 Å². The van der Waals surface area contributed by atoms with E-state index in [9.17, 15) is 4.79 Å². The van der Waals surface area contributed by atoms with E-state index in [1.807, 2.05) is 37.4 Å². The van der Waals surface area contributed by atoms with Gasteiger partial charge in [0, 0.05) is 35.8 Å². The summed E-state index contributed by atoms with van der Waals surface area (Å²) in [7, 11) is 1.80. The number of fused-ring (bicyclic) bond motifs is 1. The lowest BCUT2D eigenvalue weighted by Crippen LogP contribution is -2.27. The summed E-state index contributed by atoms with van der Waals surface area (Å²) in [6.45, 7) is 2.36. The summed E-state index contributed by atoms with van der Waals surface area (Å²) < 4.78 is 7.77. The maximum Gasteiger partial charge on any atom is 0.233 e. The zero-order valence-electron chi connectivity index (χ0n) is 17.0. The normalized spacial score (nSPS) is 13.8. The lowest BCUT2D eigenvalue weighted by atomic mass is 10.1. The van der Waals surface area contributed by atoms with Crippen LogP contribution in [0.3, 0.4) is 0 Å². The van der Waals surface area contributed by atoms with Gasteiger partial charge in [-0.3, -0.25) is 9.36 Å². The van der Waals surface area contributed by atoms with E-state index < -0.39 is 0 Å². The number of carbonyl (C=O) groups is 1. The quantitative estimate of drug-likeness (QED) is 0.447. The summed E-state index contributed by atoms with van der Waals surface area (Å²) in [6.07, 6.45) is 4.23. The third-order valence-corrected chi connectivity index (χ3v) is 6.27. The molecule has 8 heteroatoms. The fraction of sp³-hybridized carbons (Fsp3) is 0.318. The van der Waals surface area contributed by atoms with Crippen molar-refractivity contribution in [2.24, 2.45) is 0 Å². The first kappa shape index (κ1) is 19.0. The number of para-hydroxylation sites is 1. The van der Waals surface area contributed by atoms with Gasteiger partial charge in [-0.25, -0.2) is 0 Å². The van der Waals surface area contributed by atoms with E-state index in [-0.39, 0.29) is 5.91 Å². The zero-order valence-corrected chi connectivity index (χ0v) is 17.8. The molecule has 0 spiro atoms. The van der Waals surface area contributed by atoms with Crippen molar-refractivity contribution in [2.45, 2.75) is 37.5 Å². The van der Waals surface area contributed by atoms with Crippen molar-refractivity contribution < 1.29 is 9.21 Å². The molecule has 1 amide bonds. The molecule has 1 N–H and O–H groups in total. The van der Waals surface area contributed by atoms with Gasteiger partial charge in [-0.1, -0.05) is 30.0 Å². The first-order valence-corrected chi connectivity index (χ1v) is 11.0. The summed E-state index contributed by atoms with van der Waals surface area (Å²) >= 11 is 1.45. The number of aromatic nitrogens is 4. The predicted molar refractivity (Wildman–Crippen MR) is 116 cm³/mol. The van der Waals surface area contributed by atoms with Gasteiger partial charge < -0.3 is 14.3 Å². The molecule has 154 valence electrons. The van der Waals surface area contributed by atoms with E-state index in [0.29, 0.717) is 18.3 Å². The molecule has 3 aromatic heterocycles. The molecule has 1 fully saturated rings. The van der Waals surface area contributed by atoms with E-state index in [0.717, 1.165) is 51.8 Å². The third-order valence-electron chi connectivity index (χ3n) is 5.35.